The molecule has 0 unspecified atom stereocenters. The summed E-state index contributed by atoms with van der Waals surface area (Å²) in [7, 11) is 1.79. The van der Waals surface area contributed by atoms with Gasteiger partial charge < -0.3 is 15.4 Å². The minimum atomic E-state index is -0.143. The summed E-state index contributed by atoms with van der Waals surface area (Å²) in [4.78, 5) is 6.98. The lowest BCUT2D eigenvalue weighted by molar-refractivity contribution is -0.0352. The SMILES string of the molecule is CN=C(NCCc1ccccc1F)NCC1(N2CCOCC2)CCCCC1. The maximum absolute atomic E-state index is 13.8. The summed E-state index contributed by atoms with van der Waals surface area (Å²) in [5, 5.41) is 6.87. The molecule has 0 amide bonds. The summed E-state index contributed by atoms with van der Waals surface area (Å²) in [6.45, 7) is 5.24. The van der Waals surface area contributed by atoms with Gasteiger partial charge in [0.15, 0.2) is 5.96 Å². The lowest BCUT2D eigenvalue weighted by Gasteiger charge is -2.48. The minimum Gasteiger partial charge on any atom is -0.379 e. The van der Waals surface area contributed by atoms with E-state index in [1.165, 1.54) is 38.2 Å². The zero-order valence-corrected chi connectivity index (χ0v) is 16.5. The number of hydrogen-bond acceptors (Lipinski definition) is 3. The normalized spacial score (nSPS) is 21.0. The van der Waals surface area contributed by atoms with E-state index in [1.807, 2.05) is 12.1 Å². The molecule has 1 saturated heterocycles. The van der Waals surface area contributed by atoms with Crippen LogP contribution in [0.1, 0.15) is 37.7 Å². The van der Waals surface area contributed by atoms with Crippen molar-refractivity contribution in [2.45, 2.75) is 44.1 Å². The van der Waals surface area contributed by atoms with Crippen LogP contribution in [-0.2, 0) is 11.2 Å². The van der Waals surface area contributed by atoms with Crippen molar-refractivity contribution in [2.75, 3.05) is 46.4 Å². The predicted molar refractivity (Wildman–Crippen MR) is 108 cm³/mol. The first kappa shape index (κ1) is 20.1. The summed E-state index contributed by atoms with van der Waals surface area (Å²) in [5.41, 5.74) is 0.933. The first-order valence-corrected chi connectivity index (χ1v) is 10.2. The van der Waals surface area contributed by atoms with Gasteiger partial charge in [0.1, 0.15) is 5.82 Å². The smallest absolute Gasteiger partial charge is 0.191 e. The van der Waals surface area contributed by atoms with Crippen LogP contribution in [-0.4, -0.2) is 62.8 Å². The van der Waals surface area contributed by atoms with E-state index in [0.29, 0.717) is 13.0 Å². The topological polar surface area (TPSA) is 48.9 Å². The maximum atomic E-state index is 13.8. The van der Waals surface area contributed by atoms with E-state index in [0.717, 1.165) is 44.4 Å². The fourth-order valence-corrected chi connectivity index (χ4v) is 4.34. The third-order valence-corrected chi connectivity index (χ3v) is 5.92. The maximum Gasteiger partial charge on any atom is 0.191 e. The average Bonchev–Trinajstić information content (AvgIpc) is 2.73. The van der Waals surface area contributed by atoms with Gasteiger partial charge in [0.2, 0.25) is 0 Å². The largest absolute Gasteiger partial charge is 0.379 e. The van der Waals surface area contributed by atoms with E-state index in [9.17, 15) is 4.39 Å². The molecule has 2 fully saturated rings. The van der Waals surface area contributed by atoms with Crippen LogP contribution >= 0.6 is 0 Å². The highest BCUT2D eigenvalue weighted by molar-refractivity contribution is 5.79. The molecule has 0 radical (unpaired) electrons. The molecule has 150 valence electrons. The van der Waals surface area contributed by atoms with Gasteiger partial charge >= 0.3 is 0 Å². The van der Waals surface area contributed by atoms with E-state index in [2.05, 4.69) is 20.5 Å². The molecular weight excluding hydrogens is 343 g/mol. The highest BCUT2D eigenvalue weighted by Crippen LogP contribution is 2.33. The molecule has 5 nitrogen and oxygen atoms in total. The Morgan fingerprint density at radius 3 is 2.59 bits per heavy atom. The zero-order chi connectivity index (χ0) is 19.0. The molecule has 1 heterocycles. The Kier molecular flexibility index (Phi) is 7.47. The third kappa shape index (κ3) is 5.42. The fourth-order valence-electron chi connectivity index (χ4n) is 4.34. The monoisotopic (exact) mass is 376 g/mol. The lowest BCUT2D eigenvalue weighted by Crippen LogP contribution is -2.60. The standard InChI is InChI=1S/C21H33FN4O/c1-23-20(24-12-9-18-7-3-4-8-19(18)22)25-17-21(10-5-2-6-11-21)26-13-15-27-16-14-26/h3-4,7-8H,2,5-6,9-17H2,1H3,(H2,23,24,25). The van der Waals surface area contributed by atoms with Gasteiger partial charge in [-0.25, -0.2) is 4.39 Å². The van der Waals surface area contributed by atoms with E-state index >= 15 is 0 Å². The van der Waals surface area contributed by atoms with Crippen molar-refractivity contribution in [3.8, 4) is 0 Å². The number of rotatable bonds is 6. The number of nitrogens with one attached hydrogen (secondary N) is 2. The molecule has 27 heavy (non-hydrogen) atoms. The second-order valence-corrected chi connectivity index (χ2v) is 7.58. The number of ether oxygens (including phenoxy) is 1. The minimum absolute atomic E-state index is 0.143. The highest BCUT2D eigenvalue weighted by Gasteiger charge is 2.38. The van der Waals surface area contributed by atoms with Gasteiger partial charge in [0.05, 0.1) is 13.2 Å². The van der Waals surface area contributed by atoms with Gasteiger partial charge in [-0.05, 0) is 30.9 Å². The van der Waals surface area contributed by atoms with Crippen LogP contribution in [0.5, 0.6) is 0 Å². The molecular formula is C21H33FN4O. The van der Waals surface area contributed by atoms with E-state index in [-0.39, 0.29) is 11.4 Å². The molecule has 0 atom stereocenters. The number of halogens is 1. The van der Waals surface area contributed by atoms with E-state index in [4.69, 9.17) is 4.74 Å². The molecule has 1 aliphatic heterocycles. The van der Waals surface area contributed by atoms with Gasteiger partial charge in [-0.15, -0.1) is 0 Å². The highest BCUT2D eigenvalue weighted by atomic mass is 19.1. The summed E-state index contributed by atoms with van der Waals surface area (Å²) >= 11 is 0. The lowest BCUT2D eigenvalue weighted by atomic mass is 9.80. The number of aliphatic imine (C=N–C) groups is 1. The van der Waals surface area contributed by atoms with Crippen LogP contribution in [0.4, 0.5) is 4.39 Å². The Morgan fingerprint density at radius 1 is 1.15 bits per heavy atom. The zero-order valence-electron chi connectivity index (χ0n) is 16.5. The number of morpholine rings is 1. The van der Waals surface area contributed by atoms with Crippen LogP contribution in [0.3, 0.4) is 0 Å². The van der Waals surface area contributed by atoms with Crippen LogP contribution < -0.4 is 10.6 Å². The Hall–Kier alpha value is -1.66. The van der Waals surface area contributed by atoms with Crippen molar-refractivity contribution in [1.29, 1.82) is 0 Å². The summed E-state index contributed by atoms with van der Waals surface area (Å²) in [5.74, 6) is 0.653. The first-order valence-electron chi connectivity index (χ1n) is 10.2. The van der Waals surface area contributed by atoms with Crippen molar-refractivity contribution in [1.82, 2.24) is 15.5 Å². The molecule has 1 saturated carbocycles. The third-order valence-electron chi connectivity index (χ3n) is 5.92. The second kappa shape index (κ2) is 10.0. The van der Waals surface area contributed by atoms with Gasteiger partial charge in [-0.2, -0.15) is 0 Å². The van der Waals surface area contributed by atoms with Crippen LogP contribution in [0.2, 0.25) is 0 Å². The van der Waals surface area contributed by atoms with E-state index < -0.39 is 0 Å². The molecule has 6 heteroatoms. The van der Waals surface area contributed by atoms with Crippen molar-refractivity contribution in [3.05, 3.63) is 35.6 Å². The van der Waals surface area contributed by atoms with Gasteiger partial charge in [-0.3, -0.25) is 9.89 Å². The van der Waals surface area contributed by atoms with Crippen molar-refractivity contribution in [3.63, 3.8) is 0 Å². The molecule has 2 N–H and O–H groups in total. The fraction of sp³-hybridized carbons (Fsp3) is 0.667. The second-order valence-electron chi connectivity index (χ2n) is 7.58. The van der Waals surface area contributed by atoms with Gasteiger partial charge in [0, 0.05) is 38.8 Å². The molecule has 0 bridgehead atoms. The Bertz CT molecular complexity index is 610. The summed E-state index contributed by atoms with van der Waals surface area (Å²) in [6, 6.07) is 6.95. The number of nitrogens with zero attached hydrogens (tertiary/aromatic N) is 2. The van der Waals surface area contributed by atoms with Crippen molar-refractivity contribution >= 4 is 5.96 Å². The van der Waals surface area contributed by atoms with Crippen molar-refractivity contribution < 1.29 is 9.13 Å². The molecule has 2 aliphatic rings. The summed E-state index contributed by atoms with van der Waals surface area (Å²) in [6.07, 6.45) is 7.01. The number of hydrogen-bond donors (Lipinski definition) is 2. The Balaban J connectivity index is 1.52. The summed E-state index contributed by atoms with van der Waals surface area (Å²) < 4.78 is 19.3. The van der Waals surface area contributed by atoms with Gasteiger partial charge in [0.25, 0.3) is 0 Å². The quantitative estimate of drug-likeness (QED) is 0.592. The Morgan fingerprint density at radius 2 is 1.89 bits per heavy atom. The average molecular weight is 377 g/mol. The molecule has 1 aliphatic carbocycles. The molecule has 0 aromatic heterocycles. The molecule has 1 aromatic rings. The predicted octanol–water partition coefficient (Wildman–Crippen LogP) is 2.57. The first-order chi connectivity index (χ1) is 13.2. The number of benzene rings is 1. The molecule has 3 rings (SSSR count). The van der Waals surface area contributed by atoms with E-state index in [1.54, 1.807) is 13.1 Å². The number of guanidine groups is 1. The van der Waals surface area contributed by atoms with Crippen LogP contribution in [0, 0.1) is 5.82 Å². The Labute approximate surface area is 162 Å². The van der Waals surface area contributed by atoms with Gasteiger partial charge in [-0.1, -0.05) is 37.5 Å². The van der Waals surface area contributed by atoms with Crippen LogP contribution in [0.15, 0.2) is 29.3 Å². The van der Waals surface area contributed by atoms with Crippen molar-refractivity contribution in [2.24, 2.45) is 4.99 Å². The molecule has 0 spiro atoms. The van der Waals surface area contributed by atoms with Crippen LogP contribution in [0.25, 0.3) is 0 Å². The molecule has 1 aromatic carbocycles.